The molecule has 3 aromatic carbocycles. The second kappa shape index (κ2) is 5.02. The van der Waals surface area contributed by atoms with Gasteiger partial charge in [0.05, 0.1) is 0 Å². The van der Waals surface area contributed by atoms with Gasteiger partial charge in [0.25, 0.3) is 0 Å². The summed E-state index contributed by atoms with van der Waals surface area (Å²) >= 11 is 0. The molecular weight excluding hydrogens is 230 g/mol. The summed E-state index contributed by atoms with van der Waals surface area (Å²) in [6.07, 6.45) is 2.16. The molecule has 2 N–H and O–H groups in total. The zero-order valence-corrected chi connectivity index (χ0v) is 11.3. The van der Waals surface area contributed by atoms with Crippen LogP contribution in [0.5, 0.6) is 0 Å². The summed E-state index contributed by atoms with van der Waals surface area (Å²) in [7, 11) is 0. The van der Waals surface area contributed by atoms with Crippen LogP contribution in [-0.4, -0.2) is 0 Å². The topological polar surface area (TPSA) is 26.0 Å². The minimum Gasteiger partial charge on any atom is -0.324 e. The number of nitrogens with two attached hydrogens (primary N) is 1. The first-order valence-electron chi connectivity index (χ1n) is 6.96. The molecule has 0 heterocycles. The standard InChI is InChI=1S/C18H19N/c1-2-5-18(19)16-9-8-15-10-13-6-3-4-7-14(13)11-17(15)12-16/h3-4,6-12,18H,2,5,19H2,1H3. The predicted octanol–water partition coefficient (Wildman–Crippen LogP) is 4.79. The average molecular weight is 249 g/mol. The highest BCUT2D eigenvalue weighted by atomic mass is 14.6. The summed E-state index contributed by atoms with van der Waals surface area (Å²) in [6.45, 7) is 2.18. The first kappa shape index (κ1) is 12.2. The van der Waals surface area contributed by atoms with Gasteiger partial charge in [0.2, 0.25) is 0 Å². The lowest BCUT2D eigenvalue weighted by atomic mass is 9.97. The minimum atomic E-state index is 0.154. The van der Waals surface area contributed by atoms with Crippen molar-refractivity contribution in [2.75, 3.05) is 0 Å². The SMILES string of the molecule is CCCC(N)c1ccc2cc3ccccc3cc2c1. The van der Waals surface area contributed by atoms with Gasteiger partial charge in [-0.1, -0.05) is 49.7 Å². The van der Waals surface area contributed by atoms with E-state index in [1.807, 2.05) is 0 Å². The van der Waals surface area contributed by atoms with Gasteiger partial charge in [-0.25, -0.2) is 0 Å². The van der Waals surface area contributed by atoms with Crippen LogP contribution >= 0.6 is 0 Å². The molecule has 1 nitrogen and oxygen atoms in total. The minimum absolute atomic E-state index is 0.154. The van der Waals surface area contributed by atoms with Crippen LogP contribution in [0, 0.1) is 0 Å². The molecule has 1 heteroatoms. The first-order valence-corrected chi connectivity index (χ1v) is 6.96. The fourth-order valence-corrected chi connectivity index (χ4v) is 2.67. The zero-order chi connectivity index (χ0) is 13.2. The van der Waals surface area contributed by atoms with Crippen LogP contribution in [0.2, 0.25) is 0 Å². The number of rotatable bonds is 3. The van der Waals surface area contributed by atoms with Crippen molar-refractivity contribution in [3.05, 3.63) is 60.2 Å². The highest BCUT2D eigenvalue weighted by molar-refractivity contribution is 5.98. The Bertz CT molecular complexity index is 715. The Morgan fingerprint density at radius 2 is 1.47 bits per heavy atom. The molecule has 96 valence electrons. The Morgan fingerprint density at radius 1 is 0.842 bits per heavy atom. The Labute approximate surface area is 114 Å². The van der Waals surface area contributed by atoms with Crippen molar-refractivity contribution in [1.82, 2.24) is 0 Å². The third-order valence-electron chi connectivity index (χ3n) is 3.76. The maximum absolute atomic E-state index is 6.21. The van der Waals surface area contributed by atoms with Gasteiger partial charge < -0.3 is 5.73 Å². The van der Waals surface area contributed by atoms with Crippen LogP contribution in [0.1, 0.15) is 31.4 Å². The third kappa shape index (κ3) is 2.34. The van der Waals surface area contributed by atoms with Crippen LogP contribution in [-0.2, 0) is 0 Å². The van der Waals surface area contributed by atoms with Crippen LogP contribution < -0.4 is 5.73 Å². The molecule has 1 atom stereocenters. The summed E-state index contributed by atoms with van der Waals surface area (Å²) in [5.74, 6) is 0. The fraction of sp³-hybridized carbons (Fsp3) is 0.222. The normalized spacial score (nSPS) is 12.9. The molecule has 0 bridgehead atoms. The molecule has 0 aliphatic carbocycles. The molecule has 0 saturated carbocycles. The van der Waals surface area contributed by atoms with E-state index in [9.17, 15) is 0 Å². The lowest BCUT2D eigenvalue weighted by Crippen LogP contribution is -2.09. The van der Waals surface area contributed by atoms with E-state index in [0.29, 0.717) is 0 Å². The van der Waals surface area contributed by atoms with E-state index in [1.165, 1.54) is 27.1 Å². The van der Waals surface area contributed by atoms with Gasteiger partial charge in [-0.15, -0.1) is 0 Å². The number of hydrogen-bond acceptors (Lipinski definition) is 1. The quantitative estimate of drug-likeness (QED) is 0.663. The first-order chi connectivity index (χ1) is 9.28. The summed E-state index contributed by atoms with van der Waals surface area (Å²) in [5, 5.41) is 5.14. The van der Waals surface area contributed by atoms with E-state index in [4.69, 9.17) is 5.73 Å². The van der Waals surface area contributed by atoms with E-state index in [-0.39, 0.29) is 6.04 Å². The fourth-order valence-electron chi connectivity index (χ4n) is 2.67. The van der Waals surface area contributed by atoms with Crippen LogP contribution in [0.25, 0.3) is 21.5 Å². The summed E-state index contributed by atoms with van der Waals surface area (Å²) in [4.78, 5) is 0. The molecule has 1 unspecified atom stereocenters. The highest BCUT2D eigenvalue weighted by Crippen LogP contribution is 2.26. The van der Waals surface area contributed by atoms with E-state index in [2.05, 4.69) is 61.5 Å². The third-order valence-corrected chi connectivity index (χ3v) is 3.76. The molecule has 0 fully saturated rings. The molecule has 0 aliphatic rings. The molecule has 3 aromatic rings. The molecule has 0 amide bonds. The van der Waals surface area contributed by atoms with E-state index in [0.717, 1.165) is 12.8 Å². The maximum atomic E-state index is 6.21. The summed E-state index contributed by atoms with van der Waals surface area (Å²) in [5.41, 5.74) is 7.45. The summed E-state index contributed by atoms with van der Waals surface area (Å²) < 4.78 is 0. The van der Waals surface area contributed by atoms with Crippen molar-refractivity contribution in [1.29, 1.82) is 0 Å². The predicted molar refractivity (Wildman–Crippen MR) is 83.3 cm³/mol. The molecule has 0 aliphatic heterocycles. The van der Waals surface area contributed by atoms with Crippen molar-refractivity contribution < 1.29 is 0 Å². The van der Waals surface area contributed by atoms with Crippen LogP contribution in [0.15, 0.2) is 54.6 Å². The van der Waals surface area contributed by atoms with E-state index >= 15 is 0 Å². The number of benzene rings is 3. The lowest BCUT2D eigenvalue weighted by molar-refractivity contribution is 0.639. The van der Waals surface area contributed by atoms with Gasteiger partial charge in [-0.05, 0) is 51.7 Å². The Kier molecular flexibility index (Phi) is 3.22. The zero-order valence-electron chi connectivity index (χ0n) is 11.3. The lowest BCUT2D eigenvalue weighted by Gasteiger charge is -2.12. The average Bonchev–Trinajstić information content (AvgIpc) is 2.44. The number of hydrogen-bond donors (Lipinski definition) is 1. The van der Waals surface area contributed by atoms with Gasteiger partial charge in [0.1, 0.15) is 0 Å². The second-order valence-corrected chi connectivity index (χ2v) is 5.20. The van der Waals surface area contributed by atoms with Gasteiger partial charge >= 0.3 is 0 Å². The highest BCUT2D eigenvalue weighted by Gasteiger charge is 2.06. The van der Waals surface area contributed by atoms with Gasteiger partial charge in [0, 0.05) is 6.04 Å². The molecular formula is C18H19N. The maximum Gasteiger partial charge on any atom is 0.0294 e. The second-order valence-electron chi connectivity index (χ2n) is 5.20. The van der Waals surface area contributed by atoms with Gasteiger partial charge in [-0.2, -0.15) is 0 Å². The molecule has 0 aromatic heterocycles. The van der Waals surface area contributed by atoms with Crippen molar-refractivity contribution in [2.45, 2.75) is 25.8 Å². The van der Waals surface area contributed by atoms with Gasteiger partial charge in [-0.3, -0.25) is 0 Å². The molecule has 19 heavy (non-hydrogen) atoms. The molecule has 0 saturated heterocycles. The van der Waals surface area contributed by atoms with Crippen molar-refractivity contribution in [3.8, 4) is 0 Å². The largest absolute Gasteiger partial charge is 0.324 e. The smallest absolute Gasteiger partial charge is 0.0294 e. The van der Waals surface area contributed by atoms with Crippen LogP contribution in [0.3, 0.4) is 0 Å². The van der Waals surface area contributed by atoms with E-state index < -0.39 is 0 Å². The summed E-state index contributed by atoms with van der Waals surface area (Å²) in [6, 6.07) is 19.7. The Morgan fingerprint density at radius 3 is 2.16 bits per heavy atom. The van der Waals surface area contributed by atoms with Crippen LogP contribution in [0.4, 0.5) is 0 Å². The molecule has 3 rings (SSSR count). The Hall–Kier alpha value is -1.86. The monoisotopic (exact) mass is 249 g/mol. The van der Waals surface area contributed by atoms with Crippen molar-refractivity contribution in [3.63, 3.8) is 0 Å². The van der Waals surface area contributed by atoms with E-state index in [1.54, 1.807) is 0 Å². The molecule has 0 radical (unpaired) electrons. The molecule has 0 spiro atoms. The van der Waals surface area contributed by atoms with Crippen molar-refractivity contribution >= 4 is 21.5 Å². The number of fused-ring (bicyclic) bond motifs is 2. The van der Waals surface area contributed by atoms with Crippen molar-refractivity contribution in [2.24, 2.45) is 5.73 Å². The Balaban J connectivity index is 2.14. The van der Waals surface area contributed by atoms with Gasteiger partial charge in [0.15, 0.2) is 0 Å².